The summed E-state index contributed by atoms with van der Waals surface area (Å²) < 4.78 is 2.22. The molecule has 0 bridgehead atoms. The zero-order chi connectivity index (χ0) is 11.5. The smallest absolute Gasteiger partial charge is 0.0480 e. The SMILES string of the molecule is CNC(C)CCc1cn(C)c2ccccc12. The van der Waals surface area contributed by atoms with E-state index in [4.69, 9.17) is 0 Å². The molecule has 2 nitrogen and oxygen atoms in total. The Kier molecular flexibility index (Phi) is 3.30. The van der Waals surface area contributed by atoms with Crippen molar-refractivity contribution in [2.75, 3.05) is 7.05 Å². The number of benzene rings is 1. The lowest BCUT2D eigenvalue weighted by Crippen LogP contribution is -2.21. The molecule has 1 aromatic carbocycles. The summed E-state index contributed by atoms with van der Waals surface area (Å²) in [6.07, 6.45) is 4.58. The Hall–Kier alpha value is -1.28. The van der Waals surface area contributed by atoms with E-state index >= 15 is 0 Å². The average molecular weight is 216 g/mol. The van der Waals surface area contributed by atoms with Crippen molar-refractivity contribution in [3.63, 3.8) is 0 Å². The molecule has 1 aromatic heterocycles. The number of para-hydroxylation sites is 1. The Morgan fingerprint density at radius 2 is 2.06 bits per heavy atom. The van der Waals surface area contributed by atoms with E-state index in [-0.39, 0.29) is 0 Å². The topological polar surface area (TPSA) is 17.0 Å². The van der Waals surface area contributed by atoms with Crippen LogP contribution in [0.1, 0.15) is 18.9 Å². The average Bonchev–Trinajstić information content (AvgIpc) is 2.64. The van der Waals surface area contributed by atoms with Gasteiger partial charge in [0.25, 0.3) is 0 Å². The van der Waals surface area contributed by atoms with E-state index in [2.05, 4.69) is 54.3 Å². The summed E-state index contributed by atoms with van der Waals surface area (Å²) in [5.41, 5.74) is 2.79. The van der Waals surface area contributed by atoms with E-state index in [1.165, 1.54) is 22.9 Å². The first-order chi connectivity index (χ1) is 7.72. The third kappa shape index (κ3) is 2.12. The molecule has 0 aliphatic heterocycles. The summed E-state index contributed by atoms with van der Waals surface area (Å²) in [4.78, 5) is 0. The minimum absolute atomic E-state index is 0.582. The minimum Gasteiger partial charge on any atom is -0.350 e. The minimum atomic E-state index is 0.582. The molecule has 1 N–H and O–H groups in total. The van der Waals surface area contributed by atoms with E-state index in [1.54, 1.807) is 0 Å². The van der Waals surface area contributed by atoms with Gasteiger partial charge in [-0.3, -0.25) is 0 Å². The van der Waals surface area contributed by atoms with Crippen LogP contribution in [0.2, 0.25) is 0 Å². The van der Waals surface area contributed by atoms with Crippen LogP contribution in [-0.2, 0) is 13.5 Å². The van der Waals surface area contributed by atoms with Crippen molar-refractivity contribution in [2.45, 2.75) is 25.8 Å². The number of nitrogens with one attached hydrogen (secondary N) is 1. The lowest BCUT2D eigenvalue weighted by atomic mass is 10.1. The van der Waals surface area contributed by atoms with Crippen molar-refractivity contribution >= 4 is 10.9 Å². The number of nitrogens with zero attached hydrogens (tertiary/aromatic N) is 1. The van der Waals surface area contributed by atoms with Crippen molar-refractivity contribution in [3.05, 3.63) is 36.0 Å². The van der Waals surface area contributed by atoms with Crippen LogP contribution in [-0.4, -0.2) is 17.7 Å². The molecule has 1 unspecified atom stereocenters. The van der Waals surface area contributed by atoms with E-state index < -0.39 is 0 Å². The number of rotatable bonds is 4. The van der Waals surface area contributed by atoms with Gasteiger partial charge >= 0.3 is 0 Å². The summed E-state index contributed by atoms with van der Waals surface area (Å²) in [7, 11) is 4.14. The Labute approximate surface area is 97.3 Å². The third-order valence-corrected chi connectivity index (χ3v) is 3.32. The molecule has 0 fully saturated rings. The monoisotopic (exact) mass is 216 g/mol. The molecule has 0 spiro atoms. The highest BCUT2D eigenvalue weighted by Gasteiger charge is 2.06. The quantitative estimate of drug-likeness (QED) is 0.831. The van der Waals surface area contributed by atoms with Crippen molar-refractivity contribution < 1.29 is 0 Å². The molecule has 0 saturated carbocycles. The van der Waals surface area contributed by atoms with Gasteiger partial charge in [-0.25, -0.2) is 0 Å². The first-order valence-electron chi connectivity index (χ1n) is 5.92. The molecule has 0 aliphatic rings. The van der Waals surface area contributed by atoms with E-state index in [0.717, 1.165) is 6.42 Å². The van der Waals surface area contributed by atoms with Gasteiger partial charge in [-0.15, -0.1) is 0 Å². The number of hydrogen-bond acceptors (Lipinski definition) is 1. The summed E-state index contributed by atoms with van der Waals surface area (Å²) in [6.45, 7) is 2.23. The lowest BCUT2D eigenvalue weighted by molar-refractivity contribution is 0.566. The van der Waals surface area contributed by atoms with Crippen LogP contribution in [0, 0.1) is 0 Å². The lowest BCUT2D eigenvalue weighted by Gasteiger charge is -2.08. The molecule has 1 heterocycles. The molecule has 0 radical (unpaired) electrons. The summed E-state index contributed by atoms with van der Waals surface area (Å²) >= 11 is 0. The maximum absolute atomic E-state index is 3.28. The highest BCUT2D eigenvalue weighted by molar-refractivity contribution is 5.83. The van der Waals surface area contributed by atoms with Gasteiger partial charge in [-0.05, 0) is 38.4 Å². The molecule has 0 aliphatic carbocycles. The highest BCUT2D eigenvalue weighted by Crippen LogP contribution is 2.21. The predicted molar refractivity (Wildman–Crippen MR) is 69.8 cm³/mol. The number of aromatic nitrogens is 1. The normalized spacial score (nSPS) is 13.2. The molecule has 0 saturated heterocycles. The zero-order valence-electron chi connectivity index (χ0n) is 10.3. The van der Waals surface area contributed by atoms with Crippen LogP contribution in [0.25, 0.3) is 10.9 Å². The Morgan fingerprint density at radius 1 is 1.31 bits per heavy atom. The predicted octanol–water partition coefficient (Wildman–Crippen LogP) is 2.72. The number of fused-ring (bicyclic) bond motifs is 1. The fraction of sp³-hybridized carbons (Fsp3) is 0.429. The van der Waals surface area contributed by atoms with Crippen LogP contribution in [0.3, 0.4) is 0 Å². The first kappa shape index (κ1) is 11.2. The van der Waals surface area contributed by atoms with Crippen molar-refractivity contribution in [2.24, 2.45) is 7.05 Å². The molecule has 1 atom stereocenters. The van der Waals surface area contributed by atoms with Crippen molar-refractivity contribution in [1.29, 1.82) is 0 Å². The molecular weight excluding hydrogens is 196 g/mol. The number of hydrogen-bond donors (Lipinski definition) is 1. The molecule has 0 amide bonds. The third-order valence-electron chi connectivity index (χ3n) is 3.32. The maximum Gasteiger partial charge on any atom is 0.0480 e. The summed E-state index contributed by atoms with van der Waals surface area (Å²) in [6, 6.07) is 9.20. The van der Waals surface area contributed by atoms with Gasteiger partial charge < -0.3 is 9.88 Å². The van der Waals surface area contributed by atoms with Crippen LogP contribution in [0.5, 0.6) is 0 Å². The van der Waals surface area contributed by atoms with Gasteiger partial charge in [0.05, 0.1) is 0 Å². The van der Waals surface area contributed by atoms with E-state index in [9.17, 15) is 0 Å². The molecule has 2 rings (SSSR count). The highest BCUT2D eigenvalue weighted by atomic mass is 14.9. The second kappa shape index (κ2) is 4.71. The molecule has 16 heavy (non-hydrogen) atoms. The summed E-state index contributed by atoms with van der Waals surface area (Å²) in [5, 5.41) is 4.68. The largest absolute Gasteiger partial charge is 0.350 e. The first-order valence-corrected chi connectivity index (χ1v) is 5.92. The van der Waals surface area contributed by atoms with E-state index in [1.807, 2.05) is 7.05 Å². The van der Waals surface area contributed by atoms with Crippen LogP contribution in [0.4, 0.5) is 0 Å². The molecule has 2 heteroatoms. The van der Waals surface area contributed by atoms with Crippen LogP contribution >= 0.6 is 0 Å². The molecule has 86 valence electrons. The van der Waals surface area contributed by atoms with Crippen LogP contribution < -0.4 is 5.32 Å². The molecule has 2 aromatic rings. The van der Waals surface area contributed by atoms with E-state index in [0.29, 0.717) is 6.04 Å². The van der Waals surface area contributed by atoms with Gasteiger partial charge in [0.1, 0.15) is 0 Å². The molecular formula is C14H20N2. The number of aryl methyl sites for hydroxylation is 2. The van der Waals surface area contributed by atoms with Crippen molar-refractivity contribution in [3.8, 4) is 0 Å². The van der Waals surface area contributed by atoms with Gasteiger partial charge in [-0.1, -0.05) is 18.2 Å². The fourth-order valence-electron chi connectivity index (χ4n) is 2.14. The van der Waals surface area contributed by atoms with Gasteiger partial charge in [0.15, 0.2) is 0 Å². The zero-order valence-corrected chi connectivity index (χ0v) is 10.3. The fourth-order valence-corrected chi connectivity index (χ4v) is 2.14. The van der Waals surface area contributed by atoms with Gasteiger partial charge in [0.2, 0.25) is 0 Å². The maximum atomic E-state index is 3.28. The van der Waals surface area contributed by atoms with Crippen LogP contribution in [0.15, 0.2) is 30.5 Å². The Morgan fingerprint density at radius 3 is 2.81 bits per heavy atom. The Bertz CT molecular complexity index is 471. The van der Waals surface area contributed by atoms with Crippen molar-refractivity contribution in [1.82, 2.24) is 9.88 Å². The second-order valence-corrected chi connectivity index (χ2v) is 4.51. The Balaban J connectivity index is 2.24. The standard InChI is InChI=1S/C14H20N2/c1-11(15-2)8-9-12-10-16(3)14-7-5-4-6-13(12)14/h4-7,10-11,15H,8-9H2,1-3H3. The second-order valence-electron chi connectivity index (χ2n) is 4.51. The van der Waals surface area contributed by atoms with Gasteiger partial charge in [-0.2, -0.15) is 0 Å². The van der Waals surface area contributed by atoms with Gasteiger partial charge in [0, 0.05) is 30.2 Å². The summed E-state index contributed by atoms with van der Waals surface area (Å²) in [5.74, 6) is 0.